The maximum atomic E-state index is 12.2. The molecule has 0 saturated carbocycles. The lowest BCUT2D eigenvalue weighted by atomic mass is 10.1. The molecule has 6 heteroatoms. The monoisotopic (exact) mass is 379 g/mol. The molecule has 138 valence electrons. The number of rotatable bonds is 5. The zero-order chi connectivity index (χ0) is 19.4. The average Bonchev–Trinajstić information content (AvgIpc) is 2.65. The maximum absolute atomic E-state index is 12.2. The van der Waals surface area contributed by atoms with E-state index in [0.717, 1.165) is 28.1 Å². The fourth-order valence-corrected chi connectivity index (χ4v) is 3.14. The minimum atomic E-state index is -0.202. The van der Waals surface area contributed by atoms with Gasteiger partial charge in [0.25, 0.3) is 5.56 Å². The van der Waals surface area contributed by atoms with Crippen LogP contribution in [-0.2, 0) is 4.79 Å². The van der Waals surface area contributed by atoms with E-state index in [1.165, 1.54) is 22.5 Å². The molecule has 0 atom stereocenters. The second-order valence-corrected chi connectivity index (χ2v) is 7.39. The van der Waals surface area contributed by atoms with Crippen molar-refractivity contribution in [3.05, 3.63) is 81.6 Å². The summed E-state index contributed by atoms with van der Waals surface area (Å²) in [5.41, 5.74) is 4.67. The van der Waals surface area contributed by atoms with Crippen LogP contribution in [0, 0.1) is 20.8 Å². The third-order valence-electron chi connectivity index (χ3n) is 4.20. The van der Waals surface area contributed by atoms with Gasteiger partial charge in [-0.2, -0.15) is 9.78 Å². The standard InChI is InChI=1S/C21H21N3O2S/c1-14-4-7-17(8-5-14)22-19(25)13-27-20-10-11-21(26)24(23-20)18-9-6-15(2)16(3)12-18/h4-12H,13H2,1-3H3,(H,22,25). The lowest BCUT2D eigenvalue weighted by molar-refractivity contribution is -0.113. The highest BCUT2D eigenvalue weighted by molar-refractivity contribution is 7.99. The molecule has 3 rings (SSSR count). The van der Waals surface area contributed by atoms with Gasteiger partial charge >= 0.3 is 0 Å². The number of benzene rings is 2. The second-order valence-electron chi connectivity index (χ2n) is 6.39. The summed E-state index contributed by atoms with van der Waals surface area (Å²) in [5.74, 6) is 0.0982. The quantitative estimate of drug-likeness (QED) is 0.683. The lowest BCUT2D eigenvalue weighted by Gasteiger charge is -2.09. The molecule has 0 saturated heterocycles. The Bertz CT molecular complexity index is 1030. The fourth-order valence-electron chi connectivity index (χ4n) is 2.49. The SMILES string of the molecule is Cc1ccc(NC(=O)CSc2ccc(=O)n(-c3ccc(C)c(C)c3)n2)cc1. The largest absolute Gasteiger partial charge is 0.325 e. The van der Waals surface area contributed by atoms with Crippen LogP contribution in [0.4, 0.5) is 5.69 Å². The summed E-state index contributed by atoms with van der Waals surface area (Å²) >= 11 is 1.29. The van der Waals surface area contributed by atoms with E-state index < -0.39 is 0 Å². The molecular weight excluding hydrogens is 358 g/mol. The highest BCUT2D eigenvalue weighted by Gasteiger charge is 2.08. The molecule has 2 aromatic carbocycles. The molecule has 1 N–H and O–H groups in total. The number of anilines is 1. The van der Waals surface area contributed by atoms with Gasteiger partial charge in [-0.1, -0.05) is 35.5 Å². The highest BCUT2D eigenvalue weighted by atomic mass is 32.2. The number of amides is 1. The van der Waals surface area contributed by atoms with Crippen molar-refractivity contribution in [3.63, 3.8) is 0 Å². The topological polar surface area (TPSA) is 64.0 Å². The molecule has 0 radical (unpaired) electrons. The van der Waals surface area contributed by atoms with Gasteiger partial charge in [0.1, 0.15) is 5.03 Å². The van der Waals surface area contributed by atoms with E-state index in [1.54, 1.807) is 6.07 Å². The summed E-state index contributed by atoms with van der Waals surface area (Å²) in [6.45, 7) is 6.02. The van der Waals surface area contributed by atoms with Crippen LogP contribution in [0.1, 0.15) is 16.7 Å². The van der Waals surface area contributed by atoms with Gasteiger partial charge in [-0.3, -0.25) is 9.59 Å². The number of aromatic nitrogens is 2. The zero-order valence-electron chi connectivity index (χ0n) is 15.5. The first-order valence-corrected chi connectivity index (χ1v) is 9.58. The molecule has 1 heterocycles. The molecule has 3 aromatic rings. The van der Waals surface area contributed by atoms with Gasteiger partial charge in [0.15, 0.2) is 0 Å². The van der Waals surface area contributed by atoms with E-state index in [-0.39, 0.29) is 17.2 Å². The minimum absolute atomic E-state index is 0.116. The van der Waals surface area contributed by atoms with Crippen molar-refractivity contribution in [1.82, 2.24) is 9.78 Å². The van der Waals surface area contributed by atoms with Gasteiger partial charge in [0.2, 0.25) is 5.91 Å². The second kappa shape index (κ2) is 8.22. The zero-order valence-corrected chi connectivity index (χ0v) is 16.3. The van der Waals surface area contributed by atoms with Gasteiger partial charge in [0, 0.05) is 11.8 Å². The van der Waals surface area contributed by atoms with E-state index in [0.29, 0.717) is 5.03 Å². The molecule has 27 heavy (non-hydrogen) atoms. The number of aryl methyl sites for hydroxylation is 3. The molecule has 0 fully saturated rings. The van der Waals surface area contributed by atoms with Crippen molar-refractivity contribution in [2.45, 2.75) is 25.8 Å². The Morgan fingerprint density at radius 3 is 2.44 bits per heavy atom. The van der Waals surface area contributed by atoms with Crippen LogP contribution in [-0.4, -0.2) is 21.4 Å². The molecule has 0 aliphatic carbocycles. The Morgan fingerprint density at radius 1 is 1.00 bits per heavy atom. The van der Waals surface area contributed by atoms with Gasteiger partial charge in [-0.05, 0) is 62.2 Å². The number of thioether (sulfide) groups is 1. The van der Waals surface area contributed by atoms with Crippen LogP contribution in [0.3, 0.4) is 0 Å². The van der Waals surface area contributed by atoms with E-state index >= 15 is 0 Å². The van der Waals surface area contributed by atoms with Crippen molar-refractivity contribution >= 4 is 23.4 Å². The summed E-state index contributed by atoms with van der Waals surface area (Å²) in [5, 5.41) is 7.86. The number of carbonyl (C=O) groups is 1. The van der Waals surface area contributed by atoms with Crippen molar-refractivity contribution in [3.8, 4) is 5.69 Å². The van der Waals surface area contributed by atoms with Crippen LogP contribution in [0.15, 0.2) is 64.4 Å². The Labute approximate surface area is 162 Å². The van der Waals surface area contributed by atoms with Crippen LogP contribution in [0.5, 0.6) is 0 Å². The summed E-state index contributed by atoms with van der Waals surface area (Å²) in [6, 6.07) is 16.5. The summed E-state index contributed by atoms with van der Waals surface area (Å²) in [6.07, 6.45) is 0. The van der Waals surface area contributed by atoms with Crippen LogP contribution in [0.2, 0.25) is 0 Å². The van der Waals surface area contributed by atoms with E-state index in [1.807, 2.05) is 63.2 Å². The van der Waals surface area contributed by atoms with Gasteiger partial charge in [0.05, 0.1) is 11.4 Å². The number of hydrogen-bond acceptors (Lipinski definition) is 4. The molecular formula is C21H21N3O2S. The van der Waals surface area contributed by atoms with E-state index in [9.17, 15) is 9.59 Å². The molecule has 1 aromatic heterocycles. The van der Waals surface area contributed by atoms with Gasteiger partial charge in [-0.25, -0.2) is 0 Å². The number of hydrogen-bond donors (Lipinski definition) is 1. The smallest absolute Gasteiger partial charge is 0.271 e. The van der Waals surface area contributed by atoms with Crippen molar-refractivity contribution < 1.29 is 4.79 Å². The number of carbonyl (C=O) groups excluding carboxylic acids is 1. The summed E-state index contributed by atoms with van der Waals surface area (Å²) < 4.78 is 1.37. The summed E-state index contributed by atoms with van der Waals surface area (Å²) in [7, 11) is 0. The van der Waals surface area contributed by atoms with Crippen molar-refractivity contribution in [2.24, 2.45) is 0 Å². The Balaban J connectivity index is 1.70. The molecule has 0 aliphatic rings. The first-order chi connectivity index (χ1) is 12.9. The Morgan fingerprint density at radius 2 is 1.74 bits per heavy atom. The Kier molecular flexibility index (Phi) is 5.76. The van der Waals surface area contributed by atoms with Crippen molar-refractivity contribution in [2.75, 3.05) is 11.1 Å². The average molecular weight is 379 g/mol. The first-order valence-electron chi connectivity index (χ1n) is 8.60. The highest BCUT2D eigenvalue weighted by Crippen LogP contribution is 2.17. The lowest BCUT2D eigenvalue weighted by Crippen LogP contribution is -2.21. The van der Waals surface area contributed by atoms with E-state index in [4.69, 9.17) is 0 Å². The molecule has 0 aliphatic heterocycles. The van der Waals surface area contributed by atoms with E-state index in [2.05, 4.69) is 10.4 Å². The third-order valence-corrected chi connectivity index (χ3v) is 5.12. The predicted octanol–water partition coefficient (Wildman–Crippen LogP) is 3.89. The number of nitrogens with zero attached hydrogens (tertiary/aromatic N) is 2. The fraction of sp³-hybridized carbons (Fsp3) is 0.190. The van der Waals surface area contributed by atoms with Crippen LogP contribution >= 0.6 is 11.8 Å². The van der Waals surface area contributed by atoms with Gasteiger partial charge < -0.3 is 5.32 Å². The minimum Gasteiger partial charge on any atom is -0.325 e. The molecule has 1 amide bonds. The molecule has 0 bridgehead atoms. The maximum Gasteiger partial charge on any atom is 0.271 e. The third kappa shape index (κ3) is 4.86. The normalized spacial score (nSPS) is 10.6. The molecule has 5 nitrogen and oxygen atoms in total. The number of nitrogens with one attached hydrogen (secondary N) is 1. The van der Waals surface area contributed by atoms with Gasteiger partial charge in [-0.15, -0.1) is 0 Å². The van der Waals surface area contributed by atoms with Crippen LogP contribution in [0.25, 0.3) is 5.69 Å². The molecule has 0 unspecified atom stereocenters. The Hall–Kier alpha value is -2.86. The first kappa shape index (κ1) is 18.9. The summed E-state index contributed by atoms with van der Waals surface area (Å²) in [4.78, 5) is 24.3. The predicted molar refractivity (Wildman–Crippen MR) is 110 cm³/mol. The van der Waals surface area contributed by atoms with Crippen LogP contribution < -0.4 is 10.9 Å². The molecule has 0 spiro atoms. The van der Waals surface area contributed by atoms with Crippen molar-refractivity contribution in [1.29, 1.82) is 0 Å².